The largest absolute Gasteiger partial charge is 0.496 e. The summed E-state index contributed by atoms with van der Waals surface area (Å²) in [5.74, 6) is 2.40. The summed E-state index contributed by atoms with van der Waals surface area (Å²) in [6.07, 6.45) is 1.32. The first-order valence-corrected chi connectivity index (χ1v) is 8.39. The third kappa shape index (κ3) is 5.12. The van der Waals surface area contributed by atoms with Gasteiger partial charge in [-0.2, -0.15) is 0 Å². The van der Waals surface area contributed by atoms with Crippen molar-refractivity contribution < 1.29 is 13.9 Å². The summed E-state index contributed by atoms with van der Waals surface area (Å²) in [7, 11) is 6.49. The maximum Gasteiger partial charge on any atom is 0.133 e. The van der Waals surface area contributed by atoms with Gasteiger partial charge in [-0.1, -0.05) is 21.6 Å². The number of ether oxygens (including phenoxy) is 2. The molecule has 0 aliphatic rings. The molecule has 0 fully saturated rings. The Labute approximate surface area is 121 Å². The minimum absolute atomic E-state index is 0.274. The summed E-state index contributed by atoms with van der Waals surface area (Å²) in [5.41, 5.74) is 6.63. The van der Waals surface area contributed by atoms with Gasteiger partial charge in [0.1, 0.15) is 11.5 Å². The Bertz CT molecular complexity index is 391. The molecule has 0 unspecified atom stereocenters. The first kappa shape index (κ1) is 16.5. The summed E-state index contributed by atoms with van der Waals surface area (Å²) in [6.45, 7) is 0.292. The molecular formula is C13H20FNO2S2. The molecule has 108 valence electrons. The third-order valence-corrected chi connectivity index (χ3v) is 4.95. The van der Waals surface area contributed by atoms with E-state index < -0.39 is 0 Å². The fourth-order valence-electron chi connectivity index (χ4n) is 1.57. The molecular weight excluding hydrogens is 285 g/mol. The van der Waals surface area contributed by atoms with Crippen LogP contribution in [0.1, 0.15) is 12.0 Å². The van der Waals surface area contributed by atoms with Gasteiger partial charge in [0, 0.05) is 5.75 Å². The lowest BCUT2D eigenvalue weighted by atomic mass is 10.1. The number of nitrogens with two attached hydrogens (primary N) is 1. The molecule has 1 rings (SSSR count). The second kappa shape index (κ2) is 9.34. The van der Waals surface area contributed by atoms with Crippen LogP contribution >= 0.6 is 21.6 Å². The molecule has 0 aromatic heterocycles. The number of rotatable bonds is 9. The number of hydrogen-bond acceptors (Lipinski definition) is 5. The molecule has 0 heterocycles. The molecule has 0 aliphatic heterocycles. The molecule has 0 atom stereocenters. The molecule has 1 aromatic rings. The van der Waals surface area contributed by atoms with Crippen molar-refractivity contribution in [2.75, 3.05) is 33.2 Å². The van der Waals surface area contributed by atoms with Crippen LogP contribution in [0.25, 0.3) is 0 Å². The van der Waals surface area contributed by atoms with Gasteiger partial charge in [-0.05, 0) is 37.1 Å². The number of halogens is 1. The highest BCUT2D eigenvalue weighted by atomic mass is 33.1. The average molecular weight is 305 g/mol. The first-order chi connectivity index (χ1) is 9.26. The quantitative estimate of drug-likeness (QED) is 0.560. The average Bonchev–Trinajstić information content (AvgIpc) is 2.44. The van der Waals surface area contributed by atoms with Gasteiger partial charge < -0.3 is 15.2 Å². The van der Waals surface area contributed by atoms with E-state index in [2.05, 4.69) is 0 Å². The molecule has 0 radical (unpaired) electrons. The monoisotopic (exact) mass is 305 g/mol. The summed E-state index contributed by atoms with van der Waals surface area (Å²) in [4.78, 5) is 0.990. The van der Waals surface area contributed by atoms with Gasteiger partial charge in [0.15, 0.2) is 0 Å². The van der Waals surface area contributed by atoms with Crippen molar-refractivity contribution in [1.82, 2.24) is 0 Å². The van der Waals surface area contributed by atoms with E-state index >= 15 is 0 Å². The van der Waals surface area contributed by atoms with Crippen LogP contribution in [0.5, 0.6) is 11.5 Å². The summed E-state index contributed by atoms with van der Waals surface area (Å²) < 4.78 is 22.8. The van der Waals surface area contributed by atoms with Crippen LogP contribution in [-0.4, -0.2) is 33.2 Å². The standard InChI is InChI=1S/C13H20FNO2S2/c1-16-11-9-13(19-18-7-3-5-14)12(17-2)8-10(11)4-6-15/h8-9H,3-7,15H2,1-2H3. The van der Waals surface area contributed by atoms with Crippen molar-refractivity contribution in [1.29, 1.82) is 0 Å². The second-order valence-electron chi connectivity index (χ2n) is 3.80. The van der Waals surface area contributed by atoms with E-state index in [0.717, 1.165) is 34.1 Å². The van der Waals surface area contributed by atoms with E-state index in [1.165, 1.54) is 0 Å². The lowest BCUT2D eigenvalue weighted by molar-refractivity contribution is 0.390. The minimum Gasteiger partial charge on any atom is -0.496 e. The molecule has 19 heavy (non-hydrogen) atoms. The smallest absolute Gasteiger partial charge is 0.133 e. The van der Waals surface area contributed by atoms with Gasteiger partial charge in [0.2, 0.25) is 0 Å². The van der Waals surface area contributed by atoms with Crippen molar-refractivity contribution >= 4 is 21.6 Å². The first-order valence-electron chi connectivity index (χ1n) is 6.07. The molecule has 0 amide bonds. The van der Waals surface area contributed by atoms with Crippen molar-refractivity contribution in [3.63, 3.8) is 0 Å². The van der Waals surface area contributed by atoms with Crippen LogP contribution in [0.15, 0.2) is 17.0 Å². The van der Waals surface area contributed by atoms with E-state index in [1.54, 1.807) is 35.8 Å². The van der Waals surface area contributed by atoms with Gasteiger partial charge >= 0.3 is 0 Å². The maximum atomic E-state index is 12.0. The summed E-state index contributed by atoms with van der Waals surface area (Å²) >= 11 is 0. The molecule has 2 N–H and O–H groups in total. The second-order valence-corrected chi connectivity index (χ2v) is 6.26. The molecule has 0 bridgehead atoms. The summed E-state index contributed by atoms with van der Waals surface area (Å²) in [6, 6.07) is 3.92. The molecule has 0 saturated carbocycles. The number of methoxy groups -OCH3 is 2. The van der Waals surface area contributed by atoms with E-state index in [0.29, 0.717) is 13.0 Å². The van der Waals surface area contributed by atoms with Crippen LogP contribution < -0.4 is 15.2 Å². The highest BCUT2D eigenvalue weighted by Gasteiger charge is 2.11. The fourth-order valence-corrected chi connectivity index (χ4v) is 3.76. The van der Waals surface area contributed by atoms with Crippen LogP contribution in [0.3, 0.4) is 0 Å². The van der Waals surface area contributed by atoms with Crippen molar-refractivity contribution in [3.05, 3.63) is 17.7 Å². The van der Waals surface area contributed by atoms with Gasteiger partial charge in [-0.3, -0.25) is 4.39 Å². The highest BCUT2D eigenvalue weighted by Crippen LogP contribution is 2.41. The lowest BCUT2D eigenvalue weighted by Crippen LogP contribution is -2.05. The Balaban J connectivity index is 2.83. The van der Waals surface area contributed by atoms with Crippen LogP contribution in [0, 0.1) is 0 Å². The molecule has 0 spiro atoms. The van der Waals surface area contributed by atoms with Crippen molar-refractivity contribution in [2.45, 2.75) is 17.7 Å². The van der Waals surface area contributed by atoms with Gasteiger partial charge in [-0.15, -0.1) is 0 Å². The Morgan fingerprint density at radius 2 is 1.95 bits per heavy atom. The van der Waals surface area contributed by atoms with Crippen LogP contribution in [-0.2, 0) is 6.42 Å². The normalized spacial score (nSPS) is 10.5. The number of benzene rings is 1. The van der Waals surface area contributed by atoms with Gasteiger partial charge in [-0.25, -0.2) is 0 Å². The summed E-state index contributed by atoms with van der Waals surface area (Å²) in [5, 5.41) is 0. The lowest BCUT2D eigenvalue weighted by Gasteiger charge is -2.13. The third-order valence-electron chi connectivity index (χ3n) is 2.49. The van der Waals surface area contributed by atoms with Gasteiger partial charge in [0.05, 0.1) is 25.8 Å². The van der Waals surface area contributed by atoms with E-state index in [4.69, 9.17) is 15.2 Å². The van der Waals surface area contributed by atoms with Crippen molar-refractivity contribution in [2.24, 2.45) is 5.73 Å². The SMILES string of the molecule is COc1cc(SSCCCF)c(OC)cc1CCN. The van der Waals surface area contributed by atoms with Crippen LogP contribution in [0.2, 0.25) is 0 Å². The number of alkyl halides is 1. The van der Waals surface area contributed by atoms with E-state index in [-0.39, 0.29) is 6.67 Å². The van der Waals surface area contributed by atoms with E-state index in [9.17, 15) is 4.39 Å². The molecule has 0 aliphatic carbocycles. The Kier molecular flexibility index (Phi) is 8.09. The maximum absolute atomic E-state index is 12.0. The highest BCUT2D eigenvalue weighted by molar-refractivity contribution is 8.76. The molecule has 6 heteroatoms. The molecule has 3 nitrogen and oxygen atoms in total. The Morgan fingerprint density at radius 3 is 2.53 bits per heavy atom. The van der Waals surface area contributed by atoms with Crippen molar-refractivity contribution in [3.8, 4) is 11.5 Å². The Morgan fingerprint density at radius 1 is 1.21 bits per heavy atom. The van der Waals surface area contributed by atoms with Crippen LogP contribution in [0.4, 0.5) is 4.39 Å². The predicted molar refractivity (Wildman–Crippen MR) is 81.2 cm³/mol. The predicted octanol–water partition coefficient (Wildman–Crippen LogP) is 3.30. The molecule has 1 aromatic carbocycles. The number of hydrogen-bond donors (Lipinski definition) is 1. The van der Waals surface area contributed by atoms with E-state index in [1.807, 2.05) is 12.1 Å². The zero-order chi connectivity index (χ0) is 14.1. The molecule has 0 saturated heterocycles. The topological polar surface area (TPSA) is 44.5 Å². The van der Waals surface area contributed by atoms with Gasteiger partial charge in [0.25, 0.3) is 0 Å². The Hall–Kier alpha value is -0.590. The zero-order valence-corrected chi connectivity index (χ0v) is 12.9. The fraction of sp³-hybridized carbons (Fsp3) is 0.538. The zero-order valence-electron chi connectivity index (χ0n) is 11.3. The minimum atomic E-state index is -0.274.